The van der Waals surface area contributed by atoms with Crippen LogP contribution < -0.4 is 4.74 Å². The third kappa shape index (κ3) is 1.79. The zero-order chi connectivity index (χ0) is 10.3. The Kier molecular flexibility index (Phi) is 2.32. The molecule has 0 saturated carbocycles. The molecule has 0 saturated heterocycles. The van der Waals surface area contributed by atoms with Gasteiger partial charge in [-0.15, -0.1) is 0 Å². The summed E-state index contributed by atoms with van der Waals surface area (Å²) in [5.74, 6) is 0.889. The van der Waals surface area contributed by atoms with Crippen LogP contribution in [0.15, 0.2) is 22.7 Å². The summed E-state index contributed by atoms with van der Waals surface area (Å²) >= 11 is 3.42. The lowest BCUT2D eigenvalue weighted by molar-refractivity contribution is -0.0229. The quantitative estimate of drug-likeness (QED) is 0.837. The summed E-state index contributed by atoms with van der Waals surface area (Å²) in [4.78, 5) is 0. The van der Waals surface area contributed by atoms with Gasteiger partial charge in [-0.05, 0) is 37.6 Å². The van der Waals surface area contributed by atoms with Crippen LogP contribution in [0.3, 0.4) is 0 Å². The molecule has 76 valence electrons. The van der Waals surface area contributed by atoms with Crippen molar-refractivity contribution in [2.24, 2.45) is 0 Å². The number of benzene rings is 1. The van der Waals surface area contributed by atoms with E-state index in [4.69, 9.17) is 4.74 Å². The molecular weight excluding hydrogens is 244 g/mol. The summed E-state index contributed by atoms with van der Waals surface area (Å²) in [5.41, 5.74) is 0.373. The van der Waals surface area contributed by atoms with Gasteiger partial charge in [-0.25, -0.2) is 0 Å². The van der Waals surface area contributed by atoms with Gasteiger partial charge in [-0.3, -0.25) is 0 Å². The highest BCUT2D eigenvalue weighted by Gasteiger charge is 2.34. The fraction of sp³-hybridized carbons (Fsp3) is 0.455. The van der Waals surface area contributed by atoms with E-state index < -0.39 is 5.60 Å². The van der Waals surface area contributed by atoms with Gasteiger partial charge >= 0.3 is 0 Å². The molecule has 1 aliphatic rings. The van der Waals surface area contributed by atoms with Crippen LogP contribution in [-0.4, -0.2) is 16.8 Å². The minimum atomic E-state index is -0.786. The first-order valence-electron chi connectivity index (χ1n) is 4.64. The predicted octanol–water partition coefficient (Wildman–Crippen LogP) is 2.52. The van der Waals surface area contributed by atoms with Crippen LogP contribution in [0.4, 0.5) is 0 Å². The molecule has 3 heteroatoms. The molecule has 0 bridgehead atoms. The summed E-state index contributed by atoms with van der Waals surface area (Å²) in [7, 11) is 0. The van der Waals surface area contributed by atoms with Crippen LogP contribution >= 0.6 is 15.9 Å². The molecule has 14 heavy (non-hydrogen) atoms. The normalized spacial score (nSPS) is 20.4. The van der Waals surface area contributed by atoms with Crippen molar-refractivity contribution in [1.29, 1.82) is 0 Å². The molecule has 1 unspecified atom stereocenters. The van der Waals surface area contributed by atoms with Crippen LogP contribution in [-0.2, 0) is 6.42 Å². The van der Waals surface area contributed by atoms with Gasteiger partial charge in [-0.2, -0.15) is 0 Å². The van der Waals surface area contributed by atoms with Gasteiger partial charge in [0.25, 0.3) is 0 Å². The van der Waals surface area contributed by atoms with E-state index in [1.165, 1.54) is 0 Å². The minimum Gasteiger partial charge on any atom is -0.487 e. The van der Waals surface area contributed by atoms with Gasteiger partial charge in [0.05, 0.1) is 5.60 Å². The highest BCUT2D eigenvalue weighted by atomic mass is 79.9. The Bertz CT molecular complexity index is 355. The van der Waals surface area contributed by atoms with Gasteiger partial charge in [0, 0.05) is 10.9 Å². The molecule has 1 aliphatic heterocycles. The Hall–Kier alpha value is -0.540. The molecule has 1 N–H and O–H groups in total. The largest absolute Gasteiger partial charge is 0.487 e. The average molecular weight is 257 g/mol. The van der Waals surface area contributed by atoms with Crippen molar-refractivity contribution in [3.63, 3.8) is 0 Å². The number of ether oxygens (including phenoxy) is 1. The third-order valence-electron chi connectivity index (χ3n) is 2.49. The third-order valence-corrected chi connectivity index (χ3v) is 2.98. The second-order valence-electron chi connectivity index (χ2n) is 4.22. The first kappa shape index (κ1) is 9.99. The number of hydrogen-bond acceptors (Lipinski definition) is 2. The summed E-state index contributed by atoms with van der Waals surface area (Å²) < 4.78 is 6.71. The average Bonchev–Trinajstić information content (AvgIpc) is 2.45. The first-order chi connectivity index (χ1) is 6.47. The monoisotopic (exact) mass is 256 g/mol. The van der Waals surface area contributed by atoms with Crippen molar-refractivity contribution in [2.75, 3.05) is 0 Å². The van der Waals surface area contributed by atoms with Crippen LogP contribution in [0.25, 0.3) is 0 Å². The number of halogens is 1. The second-order valence-corrected chi connectivity index (χ2v) is 5.13. The minimum absolute atomic E-state index is 0.133. The van der Waals surface area contributed by atoms with Crippen LogP contribution in [0, 0.1) is 0 Å². The van der Waals surface area contributed by atoms with E-state index in [9.17, 15) is 5.11 Å². The second kappa shape index (κ2) is 3.24. The van der Waals surface area contributed by atoms with E-state index >= 15 is 0 Å². The maximum atomic E-state index is 9.82. The van der Waals surface area contributed by atoms with Crippen LogP contribution in [0.2, 0.25) is 0 Å². The van der Waals surface area contributed by atoms with Crippen molar-refractivity contribution in [1.82, 2.24) is 0 Å². The smallest absolute Gasteiger partial charge is 0.131 e. The van der Waals surface area contributed by atoms with Crippen molar-refractivity contribution < 1.29 is 9.84 Å². The lowest BCUT2D eigenvalue weighted by Crippen LogP contribution is -2.39. The molecule has 1 heterocycles. The summed E-state index contributed by atoms with van der Waals surface area (Å²) in [6.07, 6.45) is 0.643. The molecule has 0 fully saturated rings. The van der Waals surface area contributed by atoms with Gasteiger partial charge in [0.2, 0.25) is 0 Å². The van der Waals surface area contributed by atoms with E-state index in [0.717, 1.165) is 22.2 Å². The Morgan fingerprint density at radius 1 is 1.50 bits per heavy atom. The Morgan fingerprint density at radius 2 is 2.21 bits per heavy atom. The van der Waals surface area contributed by atoms with Crippen molar-refractivity contribution in [3.8, 4) is 5.75 Å². The maximum absolute atomic E-state index is 9.82. The molecule has 1 aromatic rings. The van der Waals surface area contributed by atoms with Crippen molar-refractivity contribution >= 4 is 15.9 Å². The molecule has 0 spiro atoms. The van der Waals surface area contributed by atoms with Crippen LogP contribution in [0.5, 0.6) is 5.75 Å². The predicted molar refractivity (Wildman–Crippen MR) is 58.6 cm³/mol. The van der Waals surface area contributed by atoms with E-state index in [-0.39, 0.29) is 6.10 Å². The van der Waals surface area contributed by atoms with Gasteiger partial charge in [-0.1, -0.05) is 15.9 Å². The molecule has 2 nitrogen and oxygen atoms in total. The van der Waals surface area contributed by atoms with Crippen molar-refractivity contribution in [2.45, 2.75) is 32.0 Å². The zero-order valence-corrected chi connectivity index (χ0v) is 9.84. The van der Waals surface area contributed by atoms with Crippen LogP contribution in [0.1, 0.15) is 19.4 Å². The molecule has 2 rings (SSSR count). The Balaban J connectivity index is 2.26. The van der Waals surface area contributed by atoms with Gasteiger partial charge in [0.1, 0.15) is 11.9 Å². The van der Waals surface area contributed by atoms with E-state index in [1.807, 2.05) is 18.2 Å². The standard InChI is InChI=1S/C11H13BrO2/c1-11(2,13)10-6-7-5-8(12)3-4-9(7)14-10/h3-5,10,13H,6H2,1-2H3. The lowest BCUT2D eigenvalue weighted by atomic mass is 9.97. The topological polar surface area (TPSA) is 29.5 Å². The number of aliphatic hydroxyl groups is 1. The molecule has 1 atom stereocenters. The van der Waals surface area contributed by atoms with Crippen molar-refractivity contribution in [3.05, 3.63) is 28.2 Å². The highest BCUT2D eigenvalue weighted by Crippen LogP contribution is 2.34. The number of fused-ring (bicyclic) bond motifs is 1. The van der Waals surface area contributed by atoms with E-state index in [2.05, 4.69) is 15.9 Å². The molecule has 1 aromatic carbocycles. The summed E-state index contributed by atoms with van der Waals surface area (Å²) in [5, 5.41) is 9.82. The van der Waals surface area contributed by atoms with Gasteiger partial charge < -0.3 is 9.84 Å². The fourth-order valence-corrected chi connectivity index (χ4v) is 2.02. The Labute approximate surface area is 92.0 Å². The fourth-order valence-electron chi connectivity index (χ4n) is 1.61. The highest BCUT2D eigenvalue weighted by molar-refractivity contribution is 9.10. The summed E-state index contributed by atoms with van der Waals surface area (Å²) in [6.45, 7) is 3.55. The molecule has 0 aromatic heterocycles. The zero-order valence-electron chi connectivity index (χ0n) is 8.25. The first-order valence-corrected chi connectivity index (χ1v) is 5.43. The van der Waals surface area contributed by atoms with Gasteiger partial charge in [0.15, 0.2) is 0 Å². The number of hydrogen-bond donors (Lipinski definition) is 1. The molecule has 0 aliphatic carbocycles. The lowest BCUT2D eigenvalue weighted by Gasteiger charge is -2.24. The number of rotatable bonds is 1. The van der Waals surface area contributed by atoms with E-state index in [1.54, 1.807) is 13.8 Å². The Morgan fingerprint density at radius 3 is 2.86 bits per heavy atom. The molecular formula is C11H13BrO2. The summed E-state index contributed by atoms with van der Waals surface area (Å²) in [6, 6.07) is 5.93. The molecule has 0 amide bonds. The van der Waals surface area contributed by atoms with E-state index in [0.29, 0.717) is 0 Å². The maximum Gasteiger partial charge on any atom is 0.131 e. The SMILES string of the molecule is CC(C)(O)C1Cc2cc(Br)ccc2O1. The molecule has 0 radical (unpaired) electrons.